The van der Waals surface area contributed by atoms with E-state index >= 15 is 0 Å². The number of sulfonamides is 1. The van der Waals surface area contributed by atoms with Crippen molar-refractivity contribution in [3.63, 3.8) is 0 Å². The molecule has 0 fully saturated rings. The number of amides is 2. The average molecular weight is 548 g/mol. The monoisotopic (exact) mass is 547 g/mol. The zero-order chi connectivity index (χ0) is 25.7. The molecule has 1 N–H and O–H groups in total. The Hall–Kier alpha value is -3.09. The van der Waals surface area contributed by atoms with Crippen molar-refractivity contribution in [3.05, 3.63) is 69.9 Å². The van der Waals surface area contributed by atoms with Gasteiger partial charge >= 0.3 is 6.18 Å². The van der Waals surface area contributed by atoms with E-state index in [-0.39, 0.29) is 33.3 Å². The molecule has 1 aromatic heterocycles. The molecule has 0 bridgehead atoms. The van der Waals surface area contributed by atoms with Crippen LogP contribution in [0.2, 0.25) is 5.02 Å². The third-order valence-corrected chi connectivity index (χ3v) is 7.36. The van der Waals surface area contributed by atoms with E-state index in [1.165, 1.54) is 31.6 Å². The molecule has 2 atom stereocenters. The SMILES string of the molecule is COc1cncc(N2C(=O)c3c(Cl)ccc(NS(=O)(=O)C4=CC(C(F)(F)F)C(Cl)C=C4)c3C2=O)c1. The van der Waals surface area contributed by atoms with Gasteiger partial charge in [-0.05, 0) is 18.2 Å². The number of methoxy groups -OCH3 is 1. The number of alkyl halides is 4. The van der Waals surface area contributed by atoms with Crippen molar-refractivity contribution < 1.29 is 35.9 Å². The summed E-state index contributed by atoms with van der Waals surface area (Å²) in [6.07, 6.45) is 0.107. The number of hydrogen-bond donors (Lipinski definition) is 1. The Kier molecular flexibility index (Phi) is 6.32. The maximum Gasteiger partial charge on any atom is 0.396 e. The first-order valence-electron chi connectivity index (χ1n) is 9.69. The van der Waals surface area contributed by atoms with Gasteiger partial charge in [-0.1, -0.05) is 23.8 Å². The molecule has 0 spiro atoms. The van der Waals surface area contributed by atoms with Gasteiger partial charge in [0.2, 0.25) is 0 Å². The van der Waals surface area contributed by atoms with Gasteiger partial charge in [0.1, 0.15) is 5.75 Å². The Morgan fingerprint density at radius 3 is 2.49 bits per heavy atom. The molecule has 1 aliphatic heterocycles. The van der Waals surface area contributed by atoms with Gasteiger partial charge in [0.05, 0.1) is 63.2 Å². The summed E-state index contributed by atoms with van der Waals surface area (Å²) in [6.45, 7) is 0. The number of carbonyl (C=O) groups excluding carboxylic acids is 2. The van der Waals surface area contributed by atoms with Crippen LogP contribution < -0.4 is 14.4 Å². The van der Waals surface area contributed by atoms with E-state index in [1.807, 2.05) is 0 Å². The lowest BCUT2D eigenvalue weighted by Crippen LogP contribution is -2.31. The van der Waals surface area contributed by atoms with Crippen molar-refractivity contribution in [2.24, 2.45) is 5.92 Å². The molecule has 184 valence electrons. The second-order valence-corrected chi connectivity index (χ2v) is 10.0. The maximum absolute atomic E-state index is 13.3. The van der Waals surface area contributed by atoms with E-state index in [2.05, 4.69) is 9.71 Å². The minimum absolute atomic E-state index is 0.0412. The molecule has 2 amide bonds. The molecular formula is C21H14Cl2F3N3O5S. The van der Waals surface area contributed by atoms with E-state index < -0.39 is 44.2 Å². The predicted molar refractivity (Wildman–Crippen MR) is 122 cm³/mol. The number of imide groups is 1. The number of fused-ring (bicyclic) bond motifs is 1. The minimum atomic E-state index is -4.78. The third-order valence-electron chi connectivity index (χ3n) is 5.24. The highest BCUT2D eigenvalue weighted by Crippen LogP contribution is 2.40. The molecule has 0 saturated heterocycles. The van der Waals surface area contributed by atoms with Gasteiger partial charge < -0.3 is 4.74 Å². The van der Waals surface area contributed by atoms with Crippen LogP contribution in [0.5, 0.6) is 5.75 Å². The molecule has 1 aromatic carbocycles. The van der Waals surface area contributed by atoms with Crippen molar-refractivity contribution >= 4 is 56.4 Å². The zero-order valence-electron chi connectivity index (χ0n) is 17.5. The number of halogens is 5. The lowest BCUT2D eigenvalue weighted by molar-refractivity contribution is -0.159. The molecule has 0 radical (unpaired) electrons. The first-order chi connectivity index (χ1) is 16.3. The second kappa shape index (κ2) is 8.85. The number of nitrogens with one attached hydrogen (secondary N) is 1. The molecule has 2 aliphatic rings. The summed E-state index contributed by atoms with van der Waals surface area (Å²) in [4.78, 5) is 30.2. The average Bonchev–Trinajstić information content (AvgIpc) is 3.06. The normalized spacial score (nSPS) is 20.1. The van der Waals surface area contributed by atoms with Crippen LogP contribution in [0.3, 0.4) is 0 Å². The number of hydrogen-bond acceptors (Lipinski definition) is 6. The van der Waals surface area contributed by atoms with Gasteiger partial charge in [-0.2, -0.15) is 13.2 Å². The number of allylic oxidation sites excluding steroid dienone is 3. The number of carbonyl (C=O) groups is 2. The molecule has 2 heterocycles. The topological polar surface area (TPSA) is 106 Å². The molecule has 14 heteroatoms. The summed E-state index contributed by atoms with van der Waals surface area (Å²) in [5, 5.41) is -1.61. The highest BCUT2D eigenvalue weighted by atomic mass is 35.5. The van der Waals surface area contributed by atoms with Crippen LogP contribution in [-0.4, -0.2) is 43.9 Å². The second-order valence-electron chi connectivity index (χ2n) is 7.42. The van der Waals surface area contributed by atoms with Gasteiger partial charge in [0, 0.05) is 6.07 Å². The Morgan fingerprint density at radius 2 is 1.83 bits per heavy atom. The molecule has 1 aliphatic carbocycles. The van der Waals surface area contributed by atoms with Crippen molar-refractivity contribution in [3.8, 4) is 5.75 Å². The van der Waals surface area contributed by atoms with Gasteiger partial charge in [0.15, 0.2) is 0 Å². The third kappa shape index (κ3) is 4.48. The lowest BCUT2D eigenvalue weighted by atomic mass is 10.00. The van der Waals surface area contributed by atoms with Gasteiger partial charge in [-0.3, -0.25) is 19.3 Å². The van der Waals surface area contributed by atoms with Crippen LogP contribution in [-0.2, 0) is 10.0 Å². The summed E-state index contributed by atoms with van der Waals surface area (Å²) in [5.74, 6) is -3.75. The molecule has 4 rings (SSSR count). The summed E-state index contributed by atoms with van der Waals surface area (Å²) < 4.78 is 72.8. The molecule has 35 heavy (non-hydrogen) atoms. The maximum atomic E-state index is 13.3. The van der Waals surface area contributed by atoms with Crippen molar-refractivity contribution in [2.75, 3.05) is 16.7 Å². The predicted octanol–water partition coefficient (Wildman–Crippen LogP) is 4.53. The zero-order valence-corrected chi connectivity index (χ0v) is 19.8. The van der Waals surface area contributed by atoms with Gasteiger partial charge in [-0.15, -0.1) is 11.6 Å². The van der Waals surface area contributed by atoms with E-state index in [0.29, 0.717) is 6.08 Å². The highest BCUT2D eigenvalue weighted by Gasteiger charge is 2.45. The van der Waals surface area contributed by atoms with E-state index in [9.17, 15) is 31.2 Å². The van der Waals surface area contributed by atoms with E-state index in [1.54, 1.807) is 0 Å². The number of pyridine rings is 1. The van der Waals surface area contributed by atoms with Gasteiger partial charge in [-0.25, -0.2) is 13.3 Å². The molecule has 2 unspecified atom stereocenters. The summed E-state index contributed by atoms with van der Waals surface area (Å²) in [7, 11) is -3.25. The molecule has 8 nitrogen and oxygen atoms in total. The van der Waals surface area contributed by atoms with Crippen LogP contribution in [0.15, 0.2) is 53.7 Å². The first kappa shape index (κ1) is 25.0. The highest BCUT2D eigenvalue weighted by molar-refractivity contribution is 7.96. The van der Waals surface area contributed by atoms with E-state index in [0.717, 1.165) is 23.1 Å². The number of anilines is 2. The first-order valence-corrected chi connectivity index (χ1v) is 12.0. The summed E-state index contributed by atoms with van der Waals surface area (Å²) >= 11 is 11.8. The summed E-state index contributed by atoms with van der Waals surface area (Å²) in [5.41, 5.74) is -0.940. The fraction of sp³-hybridized carbons (Fsp3) is 0.190. The van der Waals surface area contributed by atoms with Crippen LogP contribution in [0.1, 0.15) is 20.7 Å². The lowest BCUT2D eigenvalue weighted by Gasteiger charge is -2.24. The fourth-order valence-electron chi connectivity index (χ4n) is 3.57. The van der Waals surface area contributed by atoms with Crippen molar-refractivity contribution in [1.82, 2.24) is 4.98 Å². The quantitative estimate of drug-likeness (QED) is 0.435. The standard InChI is InChI=1S/C21H14Cl2F3N3O5S/c1-34-11-6-10(8-27-9-11)29-19(30)17-15(23)4-5-16(18(17)20(29)31)28-35(32,33)12-2-3-14(22)13(7-12)21(24,25)26/h2-9,13-14,28H,1H3. The number of rotatable bonds is 5. The van der Waals surface area contributed by atoms with Crippen LogP contribution in [0, 0.1) is 5.92 Å². The number of nitrogens with zero attached hydrogens (tertiary/aromatic N) is 2. The molecular weight excluding hydrogens is 534 g/mol. The van der Waals surface area contributed by atoms with Gasteiger partial charge in [0.25, 0.3) is 21.8 Å². The number of ether oxygens (including phenoxy) is 1. The number of benzene rings is 1. The summed E-state index contributed by atoms with van der Waals surface area (Å²) in [6, 6.07) is 3.69. The van der Waals surface area contributed by atoms with Crippen LogP contribution >= 0.6 is 23.2 Å². The number of aromatic nitrogens is 1. The van der Waals surface area contributed by atoms with Crippen LogP contribution in [0.4, 0.5) is 24.5 Å². The van der Waals surface area contributed by atoms with Crippen molar-refractivity contribution in [1.29, 1.82) is 0 Å². The van der Waals surface area contributed by atoms with E-state index in [4.69, 9.17) is 27.9 Å². The fourth-order valence-corrected chi connectivity index (χ4v) is 5.26. The minimum Gasteiger partial charge on any atom is -0.495 e. The molecule has 2 aromatic rings. The largest absolute Gasteiger partial charge is 0.495 e. The Morgan fingerprint density at radius 1 is 1.14 bits per heavy atom. The Balaban J connectivity index is 1.74. The van der Waals surface area contributed by atoms with Crippen molar-refractivity contribution in [2.45, 2.75) is 11.6 Å². The molecule has 0 saturated carbocycles. The Labute approximate surface area is 207 Å². The Bertz CT molecular complexity index is 1410. The smallest absolute Gasteiger partial charge is 0.396 e. The van der Waals surface area contributed by atoms with Crippen LogP contribution in [0.25, 0.3) is 0 Å².